The smallest absolute Gasteiger partial charge is 0.306 e. The Bertz CT molecular complexity index is 1150. The van der Waals surface area contributed by atoms with Crippen molar-refractivity contribution < 1.29 is 45.0 Å². The molecular weight excluding hydrogens is 512 g/mol. The van der Waals surface area contributed by atoms with Crippen LogP contribution in [0.15, 0.2) is 0 Å². The molecule has 0 saturated heterocycles. The van der Waals surface area contributed by atoms with Crippen molar-refractivity contribution in [3.05, 3.63) is 0 Å². The largest absolute Gasteiger partial charge is 0.457 e. The van der Waals surface area contributed by atoms with Gasteiger partial charge in [0.1, 0.15) is 12.9 Å². The number of thioether (sulfide) groups is 1. The molecule has 0 fully saturated rings. The Kier molecular flexibility index (Phi) is 31.0. The van der Waals surface area contributed by atoms with E-state index in [0.717, 1.165) is 31.0 Å². The predicted octanol–water partition coefficient (Wildman–Crippen LogP) is 6.36. The second kappa shape index (κ2) is 32.3. The molecule has 228 valence electrons. The molecule has 0 aromatic carbocycles. The van der Waals surface area contributed by atoms with Crippen LogP contribution in [0.25, 0.3) is 0 Å². The summed E-state index contributed by atoms with van der Waals surface area (Å²) in [5, 5.41) is 19.9. The highest BCUT2D eigenvalue weighted by Gasteiger charge is 2.13. The molecule has 0 heterocycles. The lowest BCUT2D eigenvalue weighted by molar-refractivity contribution is -0.157. The van der Waals surface area contributed by atoms with Gasteiger partial charge in [0.2, 0.25) is 0 Å². The first-order chi connectivity index (χ1) is 19.0. The third-order valence-electron chi connectivity index (χ3n) is 4.32. The molecule has 0 unspecified atom stereocenters. The van der Waals surface area contributed by atoms with Crippen molar-refractivity contribution in [3.63, 3.8) is 0 Å². The SMILES string of the molecule is C#CC#CC#CC#CC#CC#CC#CSC(C)=O.CCCCCCCCCCCC(=O)O[C@H](CO)COCO.[HH].[HH].[HH].[HH].[HH].[HH].[HH].[HH].[HH].[HH].[HH]. The maximum atomic E-state index is 11.5. The van der Waals surface area contributed by atoms with Gasteiger partial charge in [-0.3, -0.25) is 9.59 Å². The van der Waals surface area contributed by atoms with Gasteiger partial charge in [0, 0.05) is 40.8 Å². The van der Waals surface area contributed by atoms with Crippen molar-refractivity contribution in [1.82, 2.24) is 0 Å². The molecule has 0 rings (SSSR count). The van der Waals surface area contributed by atoms with Crippen molar-refractivity contribution in [2.45, 2.75) is 84.2 Å². The molecule has 0 amide bonds. The fourth-order valence-corrected chi connectivity index (χ4v) is 2.82. The summed E-state index contributed by atoms with van der Waals surface area (Å²) in [4.78, 5) is 22.0. The number of ether oxygens (including phenoxy) is 2. The Hall–Kier alpha value is -3.71. The van der Waals surface area contributed by atoms with E-state index in [1.54, 1.807) is 0 Å². The molecule has 0 saturated carbocycles. The van der Waals surface area contributed by atoms with E-state index in [1.807, 2.05) is 0 Å². The van der Waals surface area contributed by atoms with E-state index < -0.39 is 12.9 Å². The van der Waals surface area contributed by atoms with E-state index in [4.69, 9.17) is 26.1 Å². The van der Waals surface area contributed by atoms with Crippen molar-refractivity contribution in [1.29, 1.82) is 0 Å². The highest BCUT2D eigenvalue weighted by atomic mass is 32.2. The quantitative estimate of drug-likeness (QED) is 0.102. The van der Waals surface area contributed by atoms with Gasteiger partial charge in [-0.25, -0.2) is 0 Å². The van der Waals surface area contributed by atoms with Crippen LogP contribution in [0, 0.1) is 82.7 Å². The summed E-state index contributed by atoms with van der Waals surface area (Å²) in [6.07, 6.45) is 15.4. The number of carbonyl (C=O) groups excluding carboxylic acids is 2. The standard InChI is InChI=1S/C16H32O5.C16H4OS.11H2/c1-2-3-4-5-6-7-8-9-10-11-16(19)21-15(12-17)13-20-14-18;1-3-4-5-6-7-8-9-10-11-12-13-14-15-18-16(2)17;;;;;;;;;;;/h15,17-18H,2-14H2,1H3;1H,2H3;11*1H/t15-;;;;;;;;;;;;/m1............/s1. The summed E-state index contributed by atoms with van der Waals surface area (Å²) in [6.45, 7) is 2.94. The van der Waals surface area contributed by atoms with Gasteiger partial charge in [-0.05, 0) is 82.7 Å². The highest BCUT2D eigenvalue weighted by molar-refractivity contribution is 8.17. The number of aliphatic hydroxyl groups excluding tert-OH is 2. The van der Waals surface area contributed by atoms with E-state index in [2.05, 4.69) is 83.2 Å². The van der Waals surface area contributed by atoms with Crippen LogP contribution in [0.1, 0.15) is 93.7 Å². The lowest BCUT2D eigenvalue weighted by Crippen LogP contribution is -2.27. The molecule has 0 aliphatic heterocycles. The predicted molar refractivity (Wildman–Crippen MR) is 179 cm³/mol. The van der Waals surface area contributed by atoms with Crippen LogP contribution in [0.5, 0.6) is 0 Å². The van der Waals surface area contributed by atoms with E-state index in [9.17, 15) is 9.59 Å². The molecule has 7 heteroatoms. The van der Waals surface area contributed by atoms with Gasteiger partial charge in [0.05, 0.1) is 13.2 Å². The van der Waals surface area contributed by atoms with Gasteiger partial charge in [-0.2, -0.15) is 0 Å². The maximum Gasteiger partial charge on any atom is 0.306 e. The van der Waals surface area contributed by atoms with Crippen LogP contribution in [0.3, 0.4) is 0 Å². The molecule has 0 aliphatic carbocycles. The minimum absolute atomic E-state index is 0. The molecule has 0 aromatic rings. The second-order valence-electron chi connectivity index (χ2n) is 7.59. The Morgan fingerprint density at radius 3 is 1.74 bits per heavy atom. The van der Waals surface area contributed by atoms with Crippen molar-refractivity contribution >= 4 is 22.8 Å². The second-order valence-corrected chi connectivity index (χ2v) is 8.57. The minimum Gasteiger partial charge on any atom is -0.457 e. The molecule has 2 N–H and O–H groups in total. The lowest BCUT2D eigenvalue weighted by atomic mass is 10.1. The third-order valence-corrected chi connectivity index (χ3v) is 4.82. The first-order valence-electron chi connectivity index (χ1n) is 12.6. The Morgan fingerprint density at radius 2 is 1.28 bits per heavy atom. The molecular formula is C32H58O6S. The zero-order valence-corrected chi connectivity index (χ0v) is 23.6. The summed E-state index contributed by atoms with van der Waals surface area (Å²) in [7, 11) is 0. The van der Waals surface area contributed by atoms with Gasteiger partial charge in [0.15, 0.2) is 5.12 Å². The van der Waals surface area contributed by atoms with Gasteiger partial charge < -0.3 is 19.7 Å². The average molecular weight is 571 g/mol. The van der Waals surface area contributed by atoms with E-state index in [-0.39, 0.29) is 40.0 Å². The zero-order chi connectivity index (χ0) is 29.2. The normalized spacial score (nSPS) is 8.90. The molecule has 0 radical (unpaired) electrons. The highest BCUT2D eigenvalue weighted by Crippen LogP contribution is 2.11. The fraction of sp³-hybridized carbons (Fsp3) is 0.500. The topological polar surface area (TPSA) is 93.1 Å². The minimum atomic E-state index is -0.678. The van der Waals surface area contributed by atoms with Gasteiger partial charge in [0.25, 0.3) is 0 Å². The number of esters is 1. The van der Waals surface area contributed by atoms with Crippen LogP contribution in [0.4, 0.5) is 0 Å². The van der Waals surface area contributed by atoms with E-state index in [0.29, 0.717) is 6.42 Å². The van der Waals surface area contributed by atoms with Gasteiger partial charge >= 0.3 is 5.97 Å². The molecule has 0 aliphatic rings. The van der Waals surface area contributed by atoms with Crippen LogP contribution >= 0.6 is 11.8 Å². The Balaban J connectivity index is -0.0000000411. The summed E-state index contributed by atoms with van der Waals surface area (Å²) >= 11 is 0.889. The van der Waals surface area contributed by atoms with Crippen molar-refractivity contribution in [2.75, 3.05) is 20.0 Å². The van der Waals surface area contributed by atoms with Gasteiger partial charge in [-0.1, -0.05) is 58.3 Å². The molecule has 39 heavy (non-hydrogen) atoms. The Labute approximate surface area is 255 Å². The van der Waals surface area contributed by atoms with Crippen LogP contribution < -0.4 is 0 Å². The van der Waals surface area contributed by atoms with Crippen LogP contribution in [0.2, 0.25) is 0 Å². The number of aliphatic hydroxyl groups is 2. The number of terminal acetylenes is 1. The summed E-state index contributed by atoms with van der Waals surface area (Å²) in [5.74, 6) is 28.6. The summed E-state index contributed by atoms with van der Waals surface area (Å²) in [6, 6.07) is 0. The van der Waals surface area contributed by atoms with E-state index in [1.165, 1.54) is 45.4 Å². The molecule has 0 bridgehead atoms. The molecule has 6 nitrogen and oxygen atoms in total. The number of carbonyl (C=O) groups is 2. The number of hydrogen-bond acceptors (Lipinski definition) is 7. The summed E-state index contributed by atoms with van der Waals surface area (Å²) < 4.78 is 9.75. The number of unbranched alkanes of at least 4 members (excludes halogenated alkanes) is 8. The lowest BCUT2D eigenvalue weighted by Gasteiger charge is -2.14. The van der Waals surface area contributed by atoms with Crippen LogP contribution in [-0.4, -0.2) is 47.4 Å². The number of rotatable bonds is 15. The van der Waals surface area contributed by atoms with Crippen molar-refractivity contribution in [2.24, 2.45) is 0 Å². The zero-order valence-electron chi connectivity index (χ0n) is 22.8. The fourth-order valence-electron chi connectivity index (χ4n) is 2.57. The monoisotopic (exact) mass is 570 g/mol. The average Bonchev–Trinajstić information content (AvgIpc) is 2.92. The first-order valence-corrected chi connectivity index (χ1v) is 13.4. The Morgan fingerprint density at radius 1 is 0.795 bits per heavy atom. The number of hydrogen-bond donors (Lipinski definition) is 2. The molecule has 1 atom stereocenters. The molecule has 0 aromatic heterocycles. The van der Waals surface area contributed by atoms with Crippen LogP contribution in [-0.2, 0) is 19.1 Å². The van der Waals surface area contributed by atoms with E-state index >= 15 is 0 Å². The summed E-state index contributed by atoms with van der Waals surface area (Å²) in [5.41, 5.74) is 0. The maximum absolute atomic E-state index is 11.5. The van der Waals surface area contributed by atoms with Crippen molar-refractivity contribution in [3.8, 4) is 82.7 Å². The molecule has 0 spiro atoms. The first kappa shape index (κ1) is 37.4. The third kappa shape index (κ3) is 34.3. The van der Waals surface area contributed by atoms with Gasteiger partial charge in [-0.15, -0.1) is 6.42 Å².